The molecule has 2 saturated heterocycles. The quantitative estimate of drug-likeness (QED) is 0.847. The first-order chi connectivity index (χ1) is 10.6. The van der Waals surface area contributed by atoms with E-state index in [-0.39, 0.29) is 5.75 Å². The van der Waals surface area contributed by atoms with E-state index in [1.165, 1.54) is 24.2 Å². The lowest BCUT2D eigenvalue weighted by Gasteiger charge is -2.35. The number of piperazine rings is 1. The van der Waals surface area contributed by atoms with Gasteiger partial charge in [-0.2, -0.15) is 4.31 Å². The molecule has 0 radical (unpaired) electrons. The molecule has 2 fully saturated rings. The SMILES string of the molecule is CCS(=O)(=O)N1CCN(c2ccc(N3CCCC3)cc2)CC1. The number of hydrogen-bond acceptors (Lipinski definition) is 4. The van der Waals surface area contributed by atoms with E-state index < -0.39 is 10.0 Å². The number of anilines is 2. The van der Waals surface area contributed by atoms with E-state index in [4.69, 9.17) is 0 Å². The summed E-state index contributed by atoms with van der Waals surface area (Å²) in [5.41, 5.74) is 2.49. The Bertz CT molecular complexity index is 586. The normalized spacial score (nSPS) is 20.6. The molecule has 2 aliphatic rings. The van der Waals surface area contributed by atoms with Crippen molar-refractivity contribution in [2.24, 2.45) is 0 Å². The van der Waals surface area contributed by atoms with Crippen molar-refractivity contribution in [1.82, 2.24) is 4.31 Å². The summed E-state index contributed by atoms with van der Waals surface area (Å²) in [5.74, 6) is 0.192. The maximum atomic E-state index is 11.9. The number of benzene rings is 1. The van der Waals surface area contributed by atoms with Crippen molar-refractivity contribution in [1.29, 1.82) is 0 Å². The van der Waals surface area contributed by atoms with Crippen molar-refractivity contribution in [3.63, 3.8) is 0 Å². The second-order valence-electron chi connectivity index (χ2n) is 6.00. The van der Waals surface area contributed by atoms with Crippen molar-refractivity contribution < 1.29 is 8.42 Å². The van der Waals surface area contributed by atoms with Gasteiger partial charge in [0.25, 0.3) is 0 Å². The highest BCUT2D eigenvalue weighted by molar-refractivity contribution is 7.89. The molecule has 2 aliphatic heterocycles. The molecule has 3 rings (SSSR count). The zero-order valence-electron chi connectivity index (χ0n) is 13.2. The summed E-state index contributed by atoms with van der Waals surface area (Å²) in [6.07, 6.45) is 2.57. The van der Waals surface area contributed by atoms with Gasteiger partial charge in [0.15, 0.2) is 0 Å². The largest absolute Gasteiger partial charge is 0.372 e. The number of hydrogen-bond donors (Lipinski definition) is 0. The number of rotatable bonds is 4. The molecule has 0 N–H and O–H groups in total. The molecule has 1 aromatic carbocycles. The van der Waals surface area contributed by atoms with Crippen LogP contribution in [0.5, 0.6) is 0 Å². The average molecular weight is 323 g/mol. The van der Waals surface area contributed by atoms with Gasteiger partial charge in [0.05, 0.1) is 5.75 Å². The fraction of sp³-hybridized carbons (Fsp3) is 0.625. The van der Waals surface area contributed by atoms with Gasteiger partial charge in [-0.3, -0.25) is 0 Å². The zero-order chi connectivity index (χ0) is 15.6. The Morgan fingerprint density at radius 2 is 1.27 bits per heavy atom. The Balaban J connectivity index is 1.61. The van der Waals surface area contributed by atoms with Crippen LogP contribution in [-0.4, -0.2) is 57.7 Å². The Hall–Kier alpha value is -1.27. The van der Waals surface area contributed by atoms with Gasteiger partial charge in [-0.25, -0.2) is 8.42 Å². The van der Waals surface area contributed by atoms with Crippen LogP contribution in [0.2, 0.25) is 0 Å². The summed E-state index contributed by atoms with van der Waals surface area (Å²) in [6.45, 7) is 6.73. The molecular weight excluding hydrogens is 298 g/mol. The first kappa shape index (κ1) is 15.6. The lowest BCUT2D eigenvalue weighted by Crippen LogP contribution is -2.49. The smallest absolute Gasteiger partial charge is 0.213 e. The molecule has 0 amide bonds. The van der Waals surface area contributed by atoms with Crippen LogP contribution >= 0.6 is 0 Å². The highest BCUT2D eigenvalue weighted by Gasteiger charge is 2.25. The molecule has 122 valence electrons. The third kappa shape index (κ3) is 3.22. The molecule has 0 unspecified atom stereocenters. The molecule has 22 heavy (non-hydrogen) atoms. The predicted molar refractivity (Wildman–Crippen MR) is 91.1 cm³/mol. The van der Waals surface area contributed by atoms with E-state index in [0.29, 0.717) is 13.1 Å². The molecule has 0 spiro atoms. The maximum absolute atomic E-state index is 11.9. The standard InChI is InChI=1S/C16H25N3O2S/c1-2-22(20,21)19-13-11-18(12-14-19)16-7-5-15(6-8-16)17-9-3-4-10-17/h5-8H,2-4,9-14H2,1H3. The van der Waals surface area contributed by atoms with Gasteiger partial charge < -0.3 is 9.80 Å². The van der Waals surface area contributed by atoms with Gasteiger partial charge in [0, 0.05) is 50.6 Å². The van der Waals surface area contributed by atoms with E-state index in [1.54, 1.807) is 11.2 Å². The molecule has 1 aromatic rings. The average Bonchev–Trinajstić information content (AvgIpc) is 3.10. The second-order valence-corrected chi connectivity index (χ2v) is 8.25. The second kappa shape index (κ2) is 6.46. The number of nitrogens with zero attached hydrogens (tertiary/aromatic N) is 3. The first-order valence-electron chi connectivity index (χ1n) is 8.18. The highest BCUT2D eigenvalue weighted by atomic mass is 32.2. The van der Waals surface area contributed by atoms with Crippen LogP contribution in [0, 0.1) is 0 Å². The third-order valence-corrected chi connectivity index (χ3v) is 6.56. The molecular formula is C16H25N3O2S. The summed E-state index contributed by atoms with van der Waals surface area (Å²) in [4.78, 5) is 4.70. The summed E-state index contributed by atoms with van der Waals surface area (Å²) in [6, 6.07) is 8.71. The van der Waals surface area contributed by atoms with E-state index >= 15 is 0 Å². The van der Waals surface area contributed by atoms with Crippen molar-refractivity contribution in [2.75, 3.05) is 54.8 Å². The summed E-state index contributed by atoms with van der Waals surface area (Å²) >= 11 is 0. The van der Waals surface area contributed by atoms with Crippen LogP contribution in [0.15, 0.2) is 24.3 Å². The molecule has 0 aromatic heterocycles. The van der Waals surface area contributed by atoms with E-state index in [0.717, 1.165) is 26.2 Å². The van der Waals surface area contributed by atoms with E-state index in [2.05, 4.69) is 34.1 Å². The monoisotopic (exact) mass is 323 g/mol. The van der Waals surface area contributed by atoms with Gasteiger partial charge in [-0.05, 0) is 44.0 Å². The van der Waals surface area contributed by atoms with Gasteiger partial charge in [0.2, 0.25) is 10.0 Å². The minimum absolute atomic E-state index is 0.192. The first-order valence-corrected chi connectivity index (χ1v) is 9.79. The minimum Gasteiger partial charge on any atom is -0.372 e. The van der Waals surface area contributed by atoms with Gasteiger partial charge in [-0.15, -0.1) is 0 Å². The summed E-state index contributed by atoms with van der Waals surface area (Å²) < 4.78 is 25.4. The fourth-order valence-corrected chi connectivity index (χ4v) is 4.34. The van der Waals surface area contributed by atoms with Crippen molar-refractivity contribution in [3.05, 3.63) is 24.3 Å². The van der Waals surface area contributed by atoms with E-state index in [9.17, 15) is 8.42 Å². The van der Waals surface area contributed by atoms with Crippen LogP contribution in [0.1, 0.15) is 19.8 Å². The van der Waals surface area contributed by atoms with E-state index in [1.807, 2.05) is 0 Å². The van der Waals surface area contributed by atoms with Gasteiger partial charge >= 0.3 is 0 Å². The molecule has 0 aliphatic carbocycles. The molecule has 0 saturated carbocycles. The highest BCUT2D eigenvalue weighted by Crippen LogP contribution is 2.24. The lowest BCUT2D eigenvalue weighted by atomic mass is 10.2. The van der Waals surface area contributed by atoms with Crippen LogP contribution in [0.4, 0.5) is 11.4 Å². The lowest BCUT2D eigenvalue weighted by molar-refractivity contribution is 0.385. The molecule has 6 heteroatoms. The minimum atomic E-state index is -3.04. The maximum Gasteiger partial charge on any atom is 0.213 e. The van der Waals surface area contributed by atoms with Crippen molar-refractivity contribution in [3.8, 4) is 0 Å². The molecule has 0 bridgehead atoms. The third-order valence-electron chi connectivity index (χ3n) is 4.68. The topological polar surface area (TPSA) is 43.9 Å². The Kier molecular flexibility index (Phi) is 4.59. The molecule has 2 heterocycles. The fourth-order valence-electron chi connectivity index (χ4n) is 3.26. The molecule has 0 atom stereocenters. The Labute approximate surface area is 133 Å². The summed E-state index contributed by atoms with van der Waals surface area (Å²) in [7, 11) is -3.04. The number of sulfonamides is 1. The Morgan fingerprint density at radius 1 is 0.818 bits per heavy atom. The van der Waals surface area contributed by atoms with Crippen LogP contribution in [0.3, 0.4) is 0 Å². The predicted octanol–water partition coefficient (Wildman–Crippen LogP) is 1.76. The van der Waals surface area contributed by atoms with Crippen molar-refractivity contribution in [2.45, 2.75) is 19.8 Å². The van der Waals surface area contributed by atoms with Crippen LogP contribution in [-0.2, 0) is 10.0 Å². The summed E-state index contributed by atoms with van der Waals surface area (Å²) in [5, 5.41) is 0. The van der Waals surface area contributed by atoms with Crippen molar-refractivity contribution >= 4 is 21.4 Å². The van der Waals surface area contributed by atoms with Crippen LogP contribution < -0.4 is 9.80 Å². The van der Waals surface area contributed by atoms with Gasteiger partial charge in [0.1, 0.15) is 0 Å². The van der Waals surface area contributed by atoms with Gasteiger partial charge in [-0.1, -0.05) is 0 Å². The van der Waals surface area contributed by atoms with Crippen LogP contribution in [0.25, 0.3) is 0 Å². The Morgan fingerprint density at radius 3 is 1.73 bits per heavy atom. The molecule has 5 nitrogen and oxygen atoms in total. The zero-order valence-corrected chi connectivity index (χ0v) is 14.1.